The number of nitrogens with one attached hydrogen (secondary N) is 1. The fourth-order valence-electron chi connectivity index (χ4n) is 2.33. The topological polar surface area (TPSA) is 32.3 Å². The van der Waals surface area contributed by atoms with Crippen molar-refractivity contribution < 1.29 is 18.3 Å². The molecule has 2 N–H and O–H groups in total. The second-order valence-electron chi connectivity index (χ2n) is 5.60. The zero-order chi connectivity index (χ0) is 17.6. The van der Waals surface area contributed by atoms with Crippen LogP contribution in [0, 0.1) is 0 Å². The molecule has 0 saturated carbocycles. The van der Waals surface area contributed by atoms with Crippen LogP contribution in [0.5, 0.6) is 0 Å². The SMILES string of the molecule is O[C@H](CNCc1cccc(C(F)(F)F)c1)[C@@H](I)Cc1ccccc1. The van der Waals surface area contributed by atoms with Crippen molar-refractivity contribution in [3.8, 4) is 0 Å². The van der Waals surface area contributed by atoms with Gasteiger partial charge in [-0.05, 0) is 23.6 Å². The molecule has 0 fully saturated rings. The van der Waals surface area contributed by atoms with Crippen LogP contribution < -0.4 is 5.32 Å². The normalized spacial score (nSPS) is 14.4. The van der Waals surface area contributed by atoms with Crippen molar-refractivity contribution in [2.75, 3.05) is 6.54 Å². The molecule has 0 aliphatic rings. The lowest BCUT2D eigenvalue weighted by Gasteiger charge is -2.18. The van der Waals surface area contributed by atoms with Crippen LogP contribution in [0.2, 0.25) is 0 Å². The van der Waals surface area contributed by atoms with E-state index < -0.39 is 17.8 Å². The van der Waals surface area contributed by atoms with Gasteiger partial charge in [0, 0.05) is 17.0 Å². The first kappa shape index (κ1) is 19.2. The van der Waals surface area contributed by atoms with E-state index in [4.69, 9.17) is 0 Å². The Bertz CT molecular complexity index is 634. The molecule has 2 nitrogen and oxygen atoms in total. The highest BCUT2D eigenvalue weighted by Crippen LogP contribution is 2.29. The van der Waals surface area contributed by atoms with Gasteiger partial charge in [0.2, 0.25) is 0 Å². The van der Waals surface area contributed by atoms with Crippen LogP contribution in [0.4, 0.5) is 13.2 Å². The zero-order valence-electron chi connectivity index (χ0n) is 12.9. The Hall–Kier alpha value is -1.12. The average molecular weight is 449 g/mol. The molecule has 2 aromatic carbocycles. The standard InChI is InChI=1S/C18H19F3INO/c19-18(20,21)15-8-4-7-14(9-15)11-23-12-17(24)16(22)10-13-5-2-1-3-6-13/h1-9,16-17,23-24H,10-12H2/t16-,17+/m0/s1. The molecule has 0 spiro atoms. The number of alkyl halides is 4. The van der Waals surface area contributed by atoms with Crippen molar-refractivity contribution in [1.82, 2.24) is 5.32 Å². The van der Waals surface area contributed by atoms with E-state index in [-0.39, 0.29) is 10.5 Å². The molecule has 0 saturated heterocycles. The van der Waals surface area contributed by atoms with Crippen LogP contribution in [-0.2, 0) is 19.1 Å². The van der Waals surface area contributed by atoms with Gasteiger partial charge in [0.1, 0.15) is 0 Å². The first-order chi connectivity index (χ1) is 11.4. The van der Waals surface area contributed by atoms with Gasteiger partial charge in [0.05, 0.1) is 11.7 Å². The van der Waals surface area contributed by atoms with Crippen LogP contribution in [0.15, 0.2) is 54.6 Å². The maximum atomic E-state index is 12.7. The van der Waals surface area contributed by atoms with Gasteiger partial charge in [0.25, 0.3) is 0 Å². The van der Waals surface area contributed by atoms with Crippen LogP contribution in [0.1, 0.15) is 16.7 Å². The van der Waals surface area contributed by atoms with E-state index in [0.717, 1.165) is 24.1 Å². The summed E-state index contributed by atoms with van der Waals surface area (Å²) in [6.45, 7) is 0.617. The summed E-state index contributed by atoms with van der Waals surface area (Å²) in [5, 5.41) is 13.2. The first-order valence-corrected chi connectivity index (χ1v) is 8.84. The van der Waals surface area contributed by atoms with E-state index in [1.807, 2.05) is 30.3 Å². The van der Waals surface area contributed by atoms with Crippen molar-refractivity contribution in [2.45, 2.75) is 29.2 Å². The van der Waals surface area contributed by atoms with Crippen LogP contribution in [0.3, 0.4) is 0 Å². The minimum atomic E-state index is -4.33. The van der Waals surface area contributed by atoms with Gasteiger partial charge >= 0.3 is 6.18 Å². The van der Waals surface area contributed by atoms with Crippen molar-refractivity contribution in [3.63, 3.8) is 0 Å². The van der Waals surface area contributed by atoms with E-state index >= 15 is 0 Å². The maximum absolute atomic E-state index is 12.7. The lowest BCUT2D eigenvalue weighted by molar-refractivity contribution is -0.137. The van der Waals surface area contributed by atoms with Gasteiger partial charge in [-0.1, -0.05) is 71.1 Å². The quantitative estimate of drug-likeness (QED) is 0.491. The second-order valence-corrected chi connectivity index (χ2v) is 7.20. The van der Waals surface area contributed by atoms with Gasteiger partial charge in [-0.3, -0.25) is 0 Å². The number of hydrogen-bond acceptors (Lipinski definition) is 2. The van der Waals surface area contributed by atoms with E-state index in [2.05, 4.69) is 27.9 Å². The predicted molar refractivity (Wildman–Crippen MR) is 97.1 cm³/mol. The van der Waals surface area contributed by atoms with Gasteiger partial charge in [0.15, 0.2) is 0 Å². The number of halogens is 4. The van der Waals surface area contributed by atoms with Gasteiger partial charge < -0.3 is 10.4 Å². The molecular formula is C18H19F3INO. The molecule has 2 aromatic rings. The van der Waals surface area contributed by atoms with E-state index in [1.165, 1.54) is 6.07 Å². The molecule has 0 aliphatic carbocycles. The van der Waals surface area contributed by atoms with E-state index in [0.29, 0.717) is 12.1 Å². The number of aliphatic hydroxyl groups is 1. The molecule has 6 heteroatoms. The predicted octanol–water partition coefficient (Wildman–Crippen LogP) is 4.20. The van der Waals surface area contributed by atoms with Gasteiger partial charge in [-0.2, -0.15) is 13.2 Å². The number of rotatable bonds is 7. The van der Waals surface area contributed by atoms with Crippen molar-refractivity contribution in [2.24, 2.45) is 0 Å². The number of hydrogen-bond donors (Lipinski definition) is 2. The fraction of sp³-hybridized carbons (Fsp3) is 0.333. The molecule has 0 unspecified atom stereocenters. The highest BCUT2D eigenvalue weighted by atomic mass is 127. The molecule has 0 aliphatic heterocycles. The smallest absolute Gasteiger partial charge is 0.391 e. The second kappa shape index (κ2) is 8.82. The first-order valence-electron chi connectivity index (χ1n) is 7.59. The Morgan fingerprint density at radius 1 is 1.00 bits per heavy atom. The highest BCUT2D eigenvalue weighted by Gasteiger charge is 2.30. The molecule has 24 heavy (non-hydrogen) atoms. The van der Waals surface area contributed by atoms with E-state index in [9.17, 15) is 18.3 Å². The van der Waals surface area contributed by atoms with Gasteiger partial charge in [-0.25, -0.2) is 0 Å². The Kier molecular flexibility index (Phi) is 7.06. The molecule has 0 radical (unpaired) electrons. The van der Waals surface area contributed by atoms with Crippen LogP contribution in [-0.4, -0.2) is 21.7 Å². The summed E-state index contributed by atoms with van der Waals surface area (Å²) < 4.78 is 38.0. The lowest BCUT2D eigenvalue weighted by atomic mass is 10.1. The summed E-state index contributed by atoms with van der Waals surface area (Å²) >= 11 is 2.20. The monoisotopic (exact) mass is 449 g/mol. The summed E-state index contributed by atoms with van der Waals surface area (Å²) in [7, 11) is 0. The number of aliphatic hydroxyl groups excluding tert-OH is 1. The minimum Gasteiger partial charge on any atom is -0.391 e. The Balaban J connectivity index is 1.81. The average Bonchev–Trinajstić information content (AvgIpc) is 2.55. The van der Waals surface area contributed by atoms with Crippen molar-refractivity contribution >= 4 is 22.6 Å². The highest BCUT2D eigenvalue weighted by molar-refractivity contribution is 14.1. The largest absolute Gasteiger partial charge is 0.416 e. The minimum absolute atomic E-state index is 0.0269. The maximum Gasteiger partial charge on any atom is 0.416 e. The van der Waals surface area contributed by atoms with Gasteiger partial charge in [-0.15, -0.1) is 0 Å². The third-order valence-corrected chi connectivity index (χ3v) is 4.90. The summed E-state index contributed by atoms with van der Waals surface area (Å²) in [5.74, 6) is 0. The Morgan fingerprint density at radius 3 is 2.33 bits per heavy atom. The summed E-state index contributed by atoms with van der Waals surface area (Å²) in [5.41, 5.74) is 1.04. The molecule has 0 amide bonds. The van der Waals surface area contributed by atoms with E-state index in [1.54, 1.807) is 6.07 Å². The molecule has 0 bridgehead atoms. The van der Waals surface area contributed by atoms with Crippen LogP contribution in [0.25, 0.3) is 0 Å². The third-order valence-electron chi connectivity index (χ3n) is 3.63. The molecule has 2 atom stereocenters. The van der Waals surface area contributed by atoms with Crippen molar-refractivity contribution in [1.29, 1.82) is 0 Å². The third kappa shape index (κ3) is 6.07. The summed E-state index contributed by atoms with van der Waals surface area (Å²) in [4.78, 5) is 0. The molecule has 130 valence electrons. The van der Waals surface area contributed by atoms with Crippen LogP contribution >= 0.6 is 22.6 Å². The zero-order valence-corrected chi connectivity index (χ0v) is 15.1. The summed E-state index contributed by atoms with van der Waals surface area (Å²) in [6.07, 6.45) is -4.16. The Morgan fingerprint density at radius 2 is 1.67 bits per heavy atom. The summed E-state index contributed by atoms with van der Waals surface area (Å²) in [6, 6.07) is 15.1. The molecular weight excluding hydrogens is 430 g/mol. The lowest BCUT2D eigenvalue weighted by Crippen LogP contribution is -2.34. The Labute approximate surface area is 153 Å². The van der Waals surface area contributed by atoms with Crippen molar-refractivity contribution in [3.05, 3.63) is 71.3 Å². The molecule has 0 aromatic heterocycles. The number of benzene rings is 2. The fourth-order valence-corrected chi connectivity index (χ4v) is 3.09. The molecule has 2 rings (SSSR count). The molecule has 0 heterocycles.